The van der Waals surface area contributed by atoms with Gasteiger partial charge in [0.2, 0.25) is 0 Å². The van der Waals surface area contributed by atoms with Gasteiger partial charge in [-0.3, -0.25) is 9.88 Å². The van der Waals surface area contributed by atoms with E-state index in [1.165, 1.54) is 0 Å². The molecule has 0 saturated heterocycles. The molecule has 0 unspecified atom stereocenters. The number of ether oxygens (including phenoxy) is 1. The summed E-state index contributed by atoms with van der Waals surface area (Å²) < 4.78 is 5.39. The van der Waals surface area contributed by atoms with Gasteiger partial charge in [0.15, 0.2) is 0 Å². The Balaban J connectivity index is 2.30. The Kier molecular flexibility index (Phi) is 3.15. The van der Waals surface area contributed by atoms with Crippen LogP contribution in [0.15, 0.2) is 12.3 Å². The van der Waals surface area contributed by atoms with Crippen molar-refractivity contribution >= 4 is 17.5 Å². The molecule has 98 valence electrons. The lowest BCUT2D eigenvalue weighted by Gasteiger charge is -2.31. The maximum absolute atomic E-state index is 12.1. The van der Waals surface area contributed by atoms with E-state index in [0.717, 1.165) is 18.5 Å². The summed E-state index contributed by atoms with van der Waals surface area (Å²) in [5, 5.41) is 0. The first kappa shape index (κ1) is 12.7. The monoisotopic (exact) mass is 249 g/mol. The fourth-order valence-electron chi connectivity index (χ4n) is 2.02. The van der Waals surface area contributed by atoms with Crippen LogP contribution in [0.3, 0.4) is 0 Å². The molecule has 0 bridgehead atoms. The minimum Gasteiger partial charge on any atom is -0.443 e. The third-order valence-corrected chi connectivity index (χ3v) is 2.71. The van der Waals surface area contributed by atoms with Crippen LogP contribution in [0.4, 0.5) is 16.2 Å². The van der Waals surface area contributed by atoms with Gasteiger partial charge >= 0.3 is 6.09 Å². The molecule has 1 amide bonds. The van der Waals surface area contributed by atoms with Gasteiger partial charge in [-0.05, 0) is 39.7 Å². The summed E-state index contributed by atoms with van der Waals surface area (Å²) in [7, 11) is 0. The number of anilines is 2. The topological polar surface area (TPSA) is 68.5 Å². The average Bonchev–Trinajstić information content (AvgIpc) is 2.26. The zero-order valence-electron chi connectivity index (χ0n) is 11.1. The quantitative estimate of drug-likeness (QED) is 0.766. The van der Waals surface area contributed by atoms with E-state index >= 15 is 0 Å². The molecule has 0 spiro atoms. The summed E-state index contributed by atoms with van der Waals surface area (Å²) in [4.78, 5) is 18.0. The molecular weight excluding hydrogens is 230 g/mol. The van der Waals surface area contributed by atoms with Crippen molar-refractivity contribution in [1.29, 1.82) is 0 Å². The number of nitrogen functional groups attached to an aromatic ring is 1. The van der Waals surface area contributed by atoms with E-state index in [4.69, 9.17) is 10.5 Å². The second-order valence-electron chi connectivity index (χ2n) is 5.43. The van der Waals surface area contributed by atoms with Gasteiger partial charge in [-0.15, -0.1) is 0 Å². The standard InChI is InChI=1S/C13H19N3O2/c1-13(2,3)18-12(17)16-8-4-5-10-11(16)9(14)6-7-15-10/h6-7H,4-5,8H2,1-3H3,(H2,14,15). The summed E-state index contributed by atoms with van der Waals surface area (Å²) >= 11 is 0. The minimum atomic E-state index is -0.508. The zero-order valence-corrected chi connectivity index (χ0v) is 11.1. The van der Waals surface area contributed by atoms with Crippen LogP contribution in [0.2, 0.25) is 0 Å². The van der Waals surface area contributed by atoms with Gasteiger partial charge in [0.1, 0.15) is 5.60 Å². The van der Waals surface area contributed by atoms with Crippen molar-refractivity contribution in [2.75, 3.05) is 17.2 Å². The van der Waals surface area contributed by atoms with E-state index in [2.05, 4.69) is 4.98 Å². The molecule has 0 radical (unpaired) electrons. The first-order chi connectivity index (χ1) is 8.38. The smallest absolute Gasteiger partial charge is 0.414 e. The number of aryl methyl sites for hydroxylation is 1. The van der Waals surface area contributed by atoms with Crippen molar-refractivity contribution in [2.45, 2.75) is 39.2 Å². The number of pyridine rings is 1. The second-order valence-corrected chi connectivity index (χ2v) is 5.43. The predicted octanol–water partition coefficient (Wildman–Crippen LogP) is 2.35. The molecule has 18 heavy (non-hydrogen) atoms. The highest BCUT2D eigenvalue weighted by molar-refractivity contribution is 5.93. The number of fused-ring (bicyclic) bond motifs is 1. The second kappa shape index (κ2) is 4.48. The molecule has 0 saturated carbocycles. The number of nitrogens with two attached hydrogens (primary N) is 1. The van der Waals surface area contributed by atoms with Crippen LogP contribution in [-0.4, -0.2) is 23.2 Å². The van der Waals surface area contributed by atoms with E-state index in [-0.39, 0.29) is 6.09 Å². The SMILES string of the molecule is CC(C)(C)OC(=O)N1CCCc2nccc(N)c21. The first-order valence-corrected chi connectivity index (χ1v) is 6.12. The van der Waals surface area contributed by atoms with Crippen molar-refractivity contribution < 1.29 is 9.53 Å². The molecule has 1 aliphatic rings. The van der Waals surface area contributed by atoms with Gasteiger partial charge < -0.3 is 10.5 Å². The number of amides is 1. The van der Waals surface area contributed by atoms with Crippen molar-refractivity contribution in [3.63, 3.8) is 0 Å². The highest BCUT2D eigenvalue weighted by Crippen LogP contribution is 2.32. The molecule has 5 heteroatoms. The number of carbonyl (C=O) groups is 1. The summed E-state index contributed by atoms with van der Waals surface area (Å²) in [5.41, 5.74) is 7.58. The average molecular weight is 249 g/mol. The van der Waals surface area contributed by atoms with Crippen LogP contribution >= 0.6 is 0 Å². The van der Waals surface area contributed by atoms with Gasteiger partial charge in [0.05, 0.1) is 17.1 Å². The Morgan fingerprint density at radius 3 is 2.89 bits per heavy atom. The van der Waals surface area contributed by atoms with Crippen molar-refractivity contribution in [3.05, 3.63) is 18.0 Å². The molecule has 2 heterocycles. The van der Waals surface area contributed by atoms with E-state index in [0.29, 0.717) is 17.9 Å². The molecule has 0 atom stereocenters. The number of carbonyl (C=O) groups excluding carboxylic acids is 1. The third-order valence-electron chi connectivity index (χ3n) is 2.71. The highest BCUT2D eigenvalue weighted by Gasteiger charge is 2.29. The Labute approximate surface area is 107 Å². The third kappa shape index (κ3) is 2.55. The Bertz CT molecular complexity index is 466. The van der Waals surface area contributed by atoms with Crippen LogP contribution in [-0.2, 0) is 11.2 Å². The Morgan fingerprint density at radius 1 is 1.50 bits per heavy atom. The van der Waals surface area contributed by atoms with Crippen LogP contribution in [0.5, 0.6) is 0 Å². The fraction of sp³-hybridized carbons (Fsp3) is 0.538. The van der Waals surface area contributed by atoms with Gasteiger partial charge in [0.25, 0.3) is 0 Å². The number of nitrogens with zero attached hydrogens (tertiary/aromatic N) is 2. The summed E-state index contributed by atoms with van der Waals surface area (Å²) in [6, 6.07) is 1.71. The maximum Gasteiger partial charge on any atom is 0.414 e. The van der Waals surface area contributed by atoms with Gasteiger partial charge in [-0.2, -0.15) is 0 Å². The number of aromatic nitrogens is 1. The van der Waals surface area contributed by atoms with Crippen LogP contribution in [0, 0.1) is 0 Å². The van der Waals surface area contributed by atoms with Gasteiger partial charge in [-0.25, -0.2) is 4.79 Å². The van der Waals surface area contributed by atoms with Gasteiger partial charge in [0, 0.05) is 12.7 Å². The molecule has 2 N–H and O–H groups in total. The molecule has 2 rings (SSSR count). The molecule has 0 aliphatic carbocycles. The Hall–Kier alpha value is -1.78. The fourth-order valence-corrected chi connectivity index (χ4v) is 2.02. The molecule has 0 aromatic carbocycles. The van der Waals surface area contributed by atoms with Crippen LogP contribution < -0.4 is 10.6 Å². The molecular formula is C13H19N3O2. The normalized spacial score (nSPS) is 15.2. The Morgan fingerprint density at radius 2 is 2.22 bits per heavy atom. The lowest BCUT2D eigenvalue weighted by atomic mass is 10.1. The van der Waals surface area contributed by atoms with Gasteiger partial charge in [-0.1, -0.05) is 0 Å². The van der Waals surface area contributed by atoms with Crippen molar-refractivity contribution in [3.8, 4) is 0 Å². The van der Waals surface area contributed by atoms with E-state index in [1.54, 1.807) is 17.2 Å². The number of hydrogen-bond donors (Lipinski definition) is 1. The molecule has 1 aromatic rings. The van der Waals surface area contributed by atoms with Crippen LogP contribution in [0.25, 0.3) is 0 Å². The maximum atomic E-state index is 12.1. The van der Waals surface area contributed by atoms with E-state index < -0.39 is 5.60 Å². The molecule has 1 aliphatic heterocycles. The molecule has 5 nitrogen and oxygen atoms in total. The number of hydrogen-bond acceptors (Lipinski definition) is 4. The summed E-state index contributed by atoms with van der Waals surface area (Å²) in [6.07, 6.45) is 3.04. The first-order valence-electron chi connectivity index (χ1n) is 6.12. The van der Waals surface area contributed by atoms with Crippen molar-refractivity contribution in [2.24, 2.45) is 0 Å². The predicted molar refractivity (Wildman–Crippen MR) is 70.6 cm³/mol. The lowest BCUT2D eigenvalue weighted by molar-refractivity contribution is 0.0577. The molecule has 0 fully saturated rings. The highest BCUT2D eigenvalue weighted by atomic mass is 16.6. The van der Waals surface area contributed by atoms with E-state index in [9.17, 15) is 4.79 Å². The van der Waals surface area contributed by atoms with Crippen LogP contribution in [0.1, 0.15) is 32.9 Å². The number of rotatable bonds is 0. The lowest BCUT2D eigenvalue weighted by Crippen LogP contribution is -2.40. The summed E-state index contributed by atoms with van der Waals surface area (Å²) in [6.45, 7) is 6.17. The minimum absolute atomic E-state index is 0.358. The largest absolute Gasteiger partial charge is 0.443 e. The zero-order chi connectivity index (χ0) is 13.3. The summed E-state index contributed by atoms with van der Waals surface area (Å²) in [5.74, 6) is 0. The van der Waals surface area contributed by atoms with Crippen molar-refractivity contribution in [1.82, 2.24) is 4.98 Å². The van der Waals surface area contributed by atoms with E-state index in [1.807, 2.05) is 20.8 Å². The molecule has 1 aromatic heterocycles.